The zero-order valence-corrected chi connectivity index (χ0v) is 10.5. The van der Waals surface area contributed by atoms with E-state index < -0.39 is 12.1 Å². The Labute approximate surface area is 111 Å². The second-order valence-corrected chi connectivity index (χ2v) is 4.27. The summed E-state index contributed by atoms with van der Waals surface area (Å²) >= 11 is 0. The number of ether oxygens (including phenoxy) is 1. The van der Waals surface area contributed by atoms with E-state index >= 15 is 0 Å². The molecule has 4 N–H and O–H groups in total. The van der Waals surface area contributed by atoms with E-state index in [1.165, 1.54) is 0 Å². The molecule has 1 saturated heterocycles. The van der Waals surface area contributed by atoms with Gasteiger partial charge in [-0.25, -0.2) is 0 Å². The van der Waals surface area contributed by atoms with Gasteiger partial charge in [0.05, 0.1) is 6.04 Å². The molecule has 2 amide bonds. The smallest absolute Gasteiger partial charge is 0.251 e. The number of rotatable bonds is 4. The Morgan fingerprint density at radius 3 is 2.84 bits per heavy atom. The fourth-order valence-corrected chi connectivity index (χ4v) is 1.99. The predicted octanol–water partition coefficient (Wildman–Crippen LogP) is -0.682. The van der Waals surface area contributed by atoms with Crippen LogP contribution >= 0.6 is 0 Å². The highest BCUT2D eigenvalue weighted by molar-refractivity contribution is 5.86. The first-order valence-electron chi connectivity index (χ1n) is 6.16. The number of carbonyl (C=O) groups is 2. The normalized spacial score (nSPS) is 22.7. The zero-order chi connectivity index (χ0) is 13.7. The van der Waals surface area contributed by atoms with Crippen molar-refractivity contribution in [2.24, 2.45) is 5.73 Å². The van der Waals surface area contributed by atoms with Crippen LogP contribution in [0.4, 0.5) is 0 Å². The van der Waals surface area contributed by atoms with Gasteiger partial charge in [0, 0.05) is 13.1 Å². The van der Waals surface area contributed by atoms with Crippen molar-refractivity contribution in [1.82, 2.24) is 10.6 Å². The Morgan fingerprint density at radius 2 is 2.16 bits per heavy atom. The van der Waals surface area contributed by atoms with Crippen LogP contribution < -0.4 is 16.4 Å². The van der Waals surface area contributed by atoms with E-state index in [0.717, 1.165) is 5.56 Å². The molecule has 1 aromatic carbocycles. The lowest BCUT2D eigenvalue weighted by Crippen LogP contribution is -2.52. The van der Waals surface area contributed by atoms with Crippen LogP contribution in [0.2, 0.25) is 0 Å². The van der Waals surface area contributed by atoms with E-state index in [1.807, 2.05) is 30.3 Å². The number of nitrogens with two attached hydrogens (primary N) is 1. The van der Waals surface area contributed by atoms with Crippen molar-refractivity contribution in [3.63, 3.8) is 0 Å². The molecule has 0 aromatic heterocycles. The highest BCUT2D eigenvalue weighted by Crippen LogP contribution is 2.22. The molecule has 1 aliphatic rings. The first-order valence-corrected chi connectivity index (χ1v) is 6.16. The Morgan fingerprint density at radius 1 is 1.42 bits per heavy atom. The summed E-state index contributed by atoms with van der Waals surface area (Å²) in [6, 6.07) is 8.81. The van der Waals surface area contributed by atoms with Gasteiger partial charge in [-0.05, 0) is 5.56 Å². The largest absolute Gasteiger partial charge is 0.356 e. The highest BCUT2D eigenvalue weighted by Gasteiger charge is 2.35. The summed E-state index contributed by atoms with van der Waals surface area (Å²) in [7, 11) is 0. The summed E-state index contributed by atoms with van der Waals surface area (Å²) < 4.78 is 5.35. The first kappa shape index (κ1) is 13.5. The predicted molar refractivity (Wildman–Crippen MR) is 69.1 cm³/mol. The molecule has 19 heavy (non-hydrogen) atoms. The lowest BCUT2D eigenvalue weighted by atomic mass is 9.99. The Kier molecular flexibility index (Phi) is 4.48. The molecule has 6 heteroatoms. The summed E-state index contributed by atoms with van der Waals surface area (Å²) in [5, 5.41) is 5.46. The fraction of sp³-hybridized carbons (Fsp3) is 0.385. The molecular formula is C13H17N3O3. The van der Waals surface area contributed by atoms with Crippen LogP contribution in [-0.4, -0.2) is 37.6 Å². The minimum atomic E-state index is -0.730. The number of amides is 2. The lowest BCUT2D eigenvalue weighted by Gasteiger charge is -2.31. The number of benzene rings is 1. The molecule has 102 valence electrons. The molecule has 0 aliphatic carbocycles. The van der Waals surface area contributed by atoms with Crippen molar-refractivity contribution < 1.29 is 14.3 Å². The van der Waals surface area contributed by atoms with Crippen molar-refractivity contribution in [3.05, 3.63) is 35.9 Å². The van der Waals surface area contributed by atoms with Gasteiger partial charge in [0.15, 0.2) is 6.10 Å². The number of nitrogens with one attached hydrogen (secondary N) is 2. The third-order valence-electron chi connectivity index (χ3n) is 2.87. The number of morpholine rings is 1. The summed E-state index contributed by atoms with van der Waals surface area (Å²) in [4.78, 5) is 23.4. The SMILES string of the molecule is NCCNC(=O)[C@H]1OCC(=O)N[C@@H]1c1ccccc1. The van der Waals surface area contributed by atoms with Crippen LogP contribution in [0.1, 0.15) is 11.6 Å². The monoisotopic (exact) mass is 263 g/mol. The van der Waals surface area contributed by atoms with Crippen LogP contribution in [0.5, 0.6) is 0 Å². The molecule has 2 rings (SSSR count). The third kappa shape index (κ3) is 3.30. The van der Waals surface area contributed by atoms with Gasteiger partial charge < -0.3 is 21.1 Å². The van der Waals surface area contributed by atoms with E-state index in [4.69, 9.17) is 10.5 Å². The van der Waals surface area contributed by atoms with Gasteiger partial charge in [-0.1, -0.05) is 30.3 Å². The first-order chi connectivity index (χ1) is 9.22. The van der Waals surface area contributed by atoms with E-state index in [1.54, 1.807) is 0 Å². The second kappa shape index (κ2) is 6.31. The number of carbonyl (C=O) groups excluding carboxylic acids is 2. The van der Waals surface area contributed by atoms with Crippen LogP contribution in [-0.2, 0) is 14.3 Å². The van der Waals surface area contributed by atoms with Gasteiger partial charge in [-0.3, -0.25) is 9.59 Å². The minimum absolute atomic E-state index is 0.107. The van der Waals surface area contributed by atoms with E-state index in [-0.39, 0.29) is 18.4 Å². The van der Waals surface area contributed by atoms with E-state index in [2.05, 4.69) is 10.6 Å². The Hall–Kier alpha value is -1.92. The Bertz CT molecular complexity index is 450. The van der Waals surface area contributed by atoms with Gasteiger partial charge in [0.25, 0.3) is 5.91 Å². The second-order valence-electron chi connectivity index (χ2n) is 4.27. The molecule has 0 bridgehead atoms. The molecule has 1 aromatic rings. The molecule has 6 nitrogen and oxygen atoms in total. The van der Waals surface area contributed by atoms with Gasteiger partial charge in [-0.15, -0.1) is 0 Å². The molecule has 0 spiro atoms. The lowest BCUT2D eigenvalue weighted by molar-refractivity contribution is -0.148. The van der Waals surface area contributed by atoms with Crippen molar-refractivity contribution >= 4 is 11.8 Å². The van der Waals surface area contributed by atoms with Crippen LogP contribution in [0, 0.1) is 0 Å². The molecule has 0 saturated carbocycles. The summed E-state index contributed by atoms with van der Waals surface area (Å²) in [5.74, 6) is -0.490. The molecule has 0 radical (unpaired) electrons. The minimum Gasteiger partial charge on any atom is -0.356 e. The average Bonchev–Trinajstić information content (AvgIpc) is 2.45. The van der Waals surface area contributed by atoms with Gasteiger partial charge in [-0.2, -0.15) is 0 Å². The van der Waals surface area contributed by atoms with E-state index in [9.17, 15) is 9.59 Å². The molecule has 1 aliphatic heterocycles. The van der Waals surface area contributed by atoms with Crippen LogP contribution in [0.3, 0.4) is 0 Å². The summed E-state index contributed by atoms with van der Waals surface area (Å²) in [5.41, 5.74) is 6.19. The van der Waals surface area contributed by atoms with Crippen molar-refractivity contribution in [3.8, 4) is 0 Å². The van der Waals surface area contributed by atoms with Crippen molar-refractivity contribution in [2.45, 2.75) is 12.1 Å². The maximum atomic E-state index is 12.0. The van der Waals surface area contributed by atoms with Gasteiger partial charge in [0.2, 0.25) is 5.91 Å². The van der Waals surface area contributed by atoms with E-state index in [0.29, 0.717) is 13.1 Å². The summed E-state index contributed by atoms with van der Waals surface area (Å²) in [6.45, 7) is 0.638. The molecule has 1 fully saturated rings. The molecule has 0 unspecified atom stereocenters. The maximum absolute atomic E-state index is 12.0. The third-order valence-corrected chi connectivity index (χ3v) is 2.87. The van der Waals surface area contributed by atoms with Crippen molar-refractivity contribution in [1.29, 1.82) is 0 Å². The summed E-state index contributed by atoms with van der Waals surface area (Å²) in [6.07, 6.45) is -0.730. The average molecular weight is 263 g/mol. The standard InChI is InChI=1S/C13H17N3O3/c14-6-7-15-13(18)12-11(16-10(17)8-19-12)9-4-2-1-3-5-9/h1-5,11-12H,6-8,14H2,(H,15,18)(H,16,17)/t11-,12+/m1/s1. The van der Waals surface area contributed by atoms with Crippen LogP contribution in [0.25, 0.3) is 0 Å². The van der Waals surface area contributed by atoms with Gasteiger partial charge in [0.1, 0.15) is 6.61 Å². The molecule has 1 heterocycles. The highest BCUT2D eigenvalue weighted by atomic mass is 16.5. The number of hydrogen-bond acceptors (Lipinski definition) is 4. The molecular weight excluding hydrogens is 246 g/mol. The fourth-order valence-electron chi connectivity index (χ4n) is 1.99. The van der Waals surface area contributed by atoms with Crippen molar-refractivity contribution in [2.75, 3.05) is 19.7 Å². The van der Waals surface area contributed by atoms with Gasteiger partial charge >= 0.3 is 0 Å². The Balaban J connectivity index is 2.15. The molecule has 2 atom stereocenters. The number of hydrogen-bond donors (Lipinski definition) is 3. The maximum Gasteiger partial charge on any atom is 0.251 e. The zero-order valence-electron chi connectivity index (χ0n) is 10.5. The topological polar surface area (TPSA) is 93.4 Å². The van der Waals surface area contributed by atoms with Crippen LogP contribution in [0.15, 0.2) is 30.3 Å². The quantitative estimate of drug-likeness (QED) is 0.671.